The number of rotatable bonds is 4. The number of hydrogen-bond acceptors (Lipinski definition) is 2. The highest BCUT2D eigenvalue weighted by molar-refractivity contribution is 9.08. The molecule has 0 aliphatic heterocycles. The van der Waals surface area contributed by atoms with E-state index in [4.69, 9.17) is 4.74 Å². The van der Waals surface area contributed by atoms with Gasteiger partial charge in [0, 0.05) is 15.8 Å². The molecule has 0 unspecified atom stereocenters. The first-order valence-electron chi connectivity index (χ1n) is 6.39. The van der Waals surface area contributed by atoms with Gasteiger partial charge in [-0.2, -0.15) is 13.2 Å². The van der Waals surface area contributed by atoms with E-state index < -0.39 is 11.7 Å². The van der Waals surface area contributed by atoms with Crippen molar-refractivity contribution in [1.82, 2.24) is 0 Å². The summed E-state index contributed by atoms with van der Waals surface area (Å²) in [7, 11) is 1.55. The molecule has 2 rings (SSSR count). The molecule has 0 aromatic heterocycles. The average Bonchev–Trinajstić information content (AvgIpc) is 2.52. The van der Waals surface area contributed by atoms with Crippen LogP contribution in [0.3, 0.4) is 0 Å². The van der Waals surface area contributed by atoms with E-state index >= 15 is 0 Å². The normalized spacial score (nSPS) is 11.5. The van der Waals surface area contributed by atoms with Crippen molar-refractivity contribution in [2.24, 2.45) is 0 Å². The molecule has 1 nitrogen and oxygen atoms in total. The molecule has 2 aromatic carbocycles. The summed E-state index contributed by atoms with van der Waals surface area (Å²) in [6.07, 6.45) is -2.40. The molecular formula is C16H14BrF3OS. The quantitative estimate of drug-likeness (QED) is 0.467. The monoisotopic (exact) mass is 390 g/mol. The van der Waals surface area contributed by atoms with E-state index in [0.717, 1.165) is 22.1 Å². The van der Waals surface area contributed by atoms with Gasteiger partial charge in [0.05, 0.1) is 12.7 Å². The molecule has 22 heavy (non-hydrogen) atoms. The zero-order valence-electron chi connectivity index (χ0n) is 12.0. The largest absolute Gasteiger partial charge is 0.496 e. The maximum atomic E-state index is 12.9. The van der Waals surface area contributed by atoms with Crippen LogP contribution >= 0.6 is 27.7 Å². The van der Waals surface area contributed by atoms with Crippen LogP contribution in [0.15, 0.2) is 41.3 Å². The number of hydrogen-bond donors (Lipinski definition) is 0. The highest BCUT2D eigenvalue weighted by Gasteiger charge is 2.31. The predicted molar refractivity (Wildman–Crippen MR) is 87.8 cm³/mol. The van der Waals surface area contributed by atoms with Crippen LogP contribution in [-0.2, 0) is 11.5 Å². The SMILES string of the molecule is COc1ccc(SC)cc1-c1ccc(C(F)(F)F)cc1CBr. The van der Waals surface area contributed by atoms with E-state index in [1.54, 1.807) is 18.9 Å². The van der Waals surface area contributed by atoms with E-state index in [0.29, 0.717) is 16.6 Å². The van der Waals surface area contributed by atoms with E-state index in [2.05, 4.69) is 15.9 Å². The summed E-state index contributed by atoms with van der Waals surface area (Å²) >= 11 is 4.85. The maximum Gasteiger partial charge on any atom is 0.416 e. The fourth-order valence-corrected chi connectivity index (χ4v) is 3.07. The van der Waals surface area contributed by atoms with Gasteiger partial charge in [0.1, 0.15) is 5.75 Å². The van der Waals surface area contributed by atoms with Gasteiger partial charge in [0.2, 0.25) is 0 Å². The van der Waals surface area contributed by atoms with Gasteiger partial charge in [-0.3, -0.25) is 0 Å². The van der Waals surface area contributed by atoms with Gasteiger partial charge in [-0.05, 0) is 47.7 Å². The van der Waals surface area contributed by atoms with Gasteiger partial charge in [-0.15, -0.1) is 11.8 Å². The summed E-state index contributed by atoms with van der Waals surface area (Å²) in [5.74, 6) is 0.639. The van der Waals surface area contributed by atoms with Crippen molar-refractivity contribution in [3.63, 3.8) is 0 Å². The predicted octanol–water partition coefficient (Wildman–Crippen LogP) is 6.00. The standard InChI is InChI=1S/C16H14BrF3OS/c1-21-15-6-4-12(22-2)8-14(15)13-5-3-11(16(18,19)20)7-10(13)9-17/h3-8H,9H2,1-2H3. The van der Waals surface area contributed by atoms with E-state index in [1.165, 1.54) is 12.1 Å². The van der Waals surface area contributed by atoms with Gasteiger partial charge in [0.15, 0.2) is 0 Å². The molecule has 0 amide bonds. The molecule has 0 bridgehead atoms. The number of halogens is 4. The molecule has 0 spiro atoms. The molecule has 6 heteroatoms. The lowest BCUT2D eigenvalue weighted by molar-refractivity contribution is -0.137. The summed E-state index contributed by atoms with van der Waals surface area (Å²) in [4.78, 5) is 1.02. The first-order valence-corrected chi connectivity index (χ1v) is 8.73. The van der Waals surface area contributed by atoms with Gasteiger partial charge in [-0.1, -0.05) is 22.0 Å². The number of alkyl halides is 4. The molecule has 0 radical (unpaired) electrons. The van der Waals surface area contributed by atoms with Crippen LogP contribution in [-0.4, -0.2) is 13.4 Å². The number of methoxy groups -OCH3 is 1. The first-order chi connectivity index (χ1) is 10.4. The summed E-state index contributed by atoms with van der Waals surface area (Å²) < 4.78 is 43.9. The number of benzene rings is 2. The van der Waals surface area contributed by atoms with E-state index in [1.807, 2.05) is 24.5 Å². The molecule has 0 aliphatic carbocycles. The minimum absolute atomic E-state index is 0.332. The molecule has 0 N–H and O–H groups in total. The molecule has 0 fully saturated rings. The van der Waals surface area contributed by atoms with Crippen LogP contribution in [0.4, 0.5) is 13.2 Å². The highest BCUT2D eigenvalue weighted by Crippen LogP contribution is 2.38. The third kappa shape index (κ3) is 3.60. The van der Waals surface area contributed by atoms with Gasteiger partial charge in [-0.25, -0.2) is 0 Å². The smallest absolute Gasteiger partial charge is 0.416 e. The number of ether oxygens (including phenoxy) is 1. The summed E-state index contributed by atoms with van der Waals surface area (Å²) in [5.41, 5.74) is 1.45. The lowest BCUT2D eigenvalue weighted by atomic mass is 9.97. The highest BCUT2D eigenvalue weighted by atomic mass is 79.9. The van der Waals surface area contributed by atoms with Crippen molar-refractivity contribution in [2.45, 2.75) is 16.4 Å². The Balaban J connectivity index is 2.62. The topological polar surface area (TPSA) is 9.23 Å². The Kier molecular flexibility index (Phi) is 5.45. The average molecular weight is 391 g/mol. The minimum Gasteiger partial charge on any atom is -0.496 e. The zero-order valence-corrected chi connectivity index (χ0v) is 14.4. The van der Waals surface area contributed by atoms with Crippen molar-refractivity contribution >= 4 is 27.7 Å². The second-order valence-electron chi connectivity index (χ2n) is 4.57. The van der Waals surface area contributed by atoms with Crippen LogP contribution in [0.25, 0.3) is 11.1 Å². The molecule has 0 saturated carbocycles. The Morgan fingerprint density at radius 2 is 1.82 bits per heavy atom. The Labute approximate surface area is 140 Å². The molecule has 0 heterocycles. The van der Waals surface area contributed by atoms with Gasteiger partial charge < -0.3 is 4.74 Å². The Hall–Kier alpha value is -1.14. The van der Waals surface area contributed by atoms with Crippen LogP contribution in [0.5, 0.6) is 5.75 Å². The minimum atomic E-state index is -4.35. The number of thioether (sulfide) groups is 1. The molecule has 0 saturated heterocycles. The van der Waals surface area contributed by atoms with Crippen LogP contribution in [0, 0.1) is 0 Å². The van der Waals surface area contributed by atoms with Crippen molar-refractivity contribution in [1.29, 1.82) is 0 Å². The van der Waals surface area contributed by atoms with Gasteiger partial charge in [0.25, 0.3) is 0 Å². The Morgan fingerprint density at radius 1 is 1.09 bits per heavy atom. The Morgan fingerprint density at radius 3 is 2.36 bits per heavy atom. The van der Waals surface area contributed by atoms with E-state index in [-0.39, 0.29) is 0 Å². The summed E-state index contributed by atoms with van der Waals surface area (Å²) in [6, 6.07) is 9.46. The fourth-order valence-electron chi connectivity index (χ4n) is 2.17. The van der Waals surface area contributed by atoms with Crippen LogP contribution < -0.4 is 4.74 Å². The fraction of sp³-hybridized carbons (Fsp3) is 0.250. The van der Waals surface area contributed by atoms with Crippen LogP contribution in [0.1, 0.15) is 11.1 Å². The molecular weight excluding hydrogens is 377 g/mol. The van der Waals surface area contributed by atoms with Crippen molar-refractivity contribution in [3.8, 4) is 16.9 Å². The molecule has 2 aromatic rings. The van der Waals surface area contributed by atoms with Crippen LogP contribution in [0.2, 0.25) is 0 Å². The molecule has 0 atom stereocenters. The van der Waals surface area contributed by atoms with Crippen molar-refractivity contribution < 1.29 is 17.9 Å². The van der Waals surface area contributed by atoms with Crippen molar-refractivity contribution in [2.75, 3.05) is 13.4 Å². The van der Waals surface area contributed by atoms with E-state index in [9.17, 15) is 13.2 Å². The lowest BCUT2D eigenvalue weighted by Crippen LogP contribution is -2.05. The molecule has 118 valence electrons. The van der Waals surface area contributed by atoms with Crippen molar-refractivity contribution in [3.05, 3.63) is 47.5 Å². The lowest BCUT2D eigenvalue weighted by Gasteiger charge is -2.15. The summed E-state index contributed by atoms with van der Waals surface area (Å²) in [5, 5.41) is 0.332. The molecule has 0 aliphatic rings. The third-order valence-electron chi connectivity index (χ3n) is 3.27. The maximum absolute atomic E-state index is 12.9. The van der Waals surface area contributed by atoms with Gasteiger partial charge >= 0.3 is 6.18 Å². The second-order valence-corrected chi connectivity index (χ2v) is 6.01. The first kappa shape index (κ1) is 17.2. The Bertz CT molecular complexity index is 671. The second kappa shape index (κ2) is 6.96. The summed E-state index contributed by atoms with van der Waals surface area (Å²) in [6.45, 7) is 0. The zero-order chi connectivity index (χ0) is 16.3. The third-order valence-corrected chi connectivity index (χ3v) is 4.60.